The Kier molecular flexibility index (Phi) is 5.63. The summed E-state index contributed by atoms with van der Waals surface area (Å²) in [5, 5.41) is 4.94. The number of nitrogens with one attached hydrogen (secondary N) is 1. The lowest BCUT2D eigenvalue weighted by Crippen LogP contribution is -2.20. The van der Waals surface area contributed by atoms with Gasteiger partial charge in [-0.2, -0.15) is 0 Å². The SMILES string of the molecule is Cc1cccc2c1nccc2[C@H]1CC[C@H](CC(=O)Nc2ccc(Cl)cc2)CC1. The molecule has 0 radical (unpaired) electrons. The van der Waals surface area contributed by atoms with Crippen molar-refractivity contribution in [1.29, 1.82) is 0 Å². The lowest BCUT2D eigenvalue weighted by molar-refractivity contribution is -0.117. The van der Waals surface area contributed by atoms with Gasteiger partial charge < -0.3 is 5.32 Å². The quantitative estimate of drug-likeness (QED) is 0.550. The normalized spacial score (nSPS) is 19.5. The maximum absolute atomic E-state index is 12.4. The third kappa shape index (κ3) is 4.20. The van der Waals surface area contributed by atoms with Crippen LogP contribution in [0.3, 0.4) is 0 Å². The molecule has 1 aliphatic carbocycles. The van der Waals surface area contributed by atoms with Gasteiger partial charge in [-0.25, -0.2) is 0 Å². The summed E-state index contributed by atoms with van der Waals surface area (Å²) in [4.78, 5) is 17.0. The molecule has 28 heavy (non-hydrogen) atoms. The fraction of sp³-hybridized carbons (Fsp3) is 0.333. The van der Waals surface area contributed by atoms with Crippen LogP contribution in [0.4, 0.5) is 5.69 Å². The number of rotatable bonds is 4. The average molecular weight is 393 g/mol. The second-order valence-corrected chi connectivity index (χ2v) is 8.28. The summed E-state index contributed by atoms with van der Waals surface area (Å²) in [5.74, 6) is 1.11. The first kappa shape index (κ1) is 18.9. The molecule has 0 spiro atoms. The second kappa shape index (κ2) is 8.32. The Hall–Kier alpha value is -2.39. The van der Waals surface area contributed by atoms with Crippen LogP contribution in [0.2, 0.25) is 5.02 Å². The van der Waals surface area contributed by atoms with Crippen LogP contribution in [0.15, 0.2) is 54.7 Å². The number of amides is 1. The first-order valence-electron chi connectivity index (χ1n) is 10.00. The Morgan fingerprint density at radius 2 is 1.82 bits per heavy atom. The highest BCUT2D eigenvalue weighted by Crippen LogP contribution is 2.39. The monoisotopic (exact) mass is 392 g/mol. The van der Waals surface area contributed by atoms with Gasteiger partial charge in [-0.1, -0.05) is 29.8 Å². The zero-order valence-corrected chi connectivity index (χ0v) is 16.9. The Labute approximate surface area is 171 Å². The summed E-state index contributed by atoms with van der Waals surface area (Å²) in [6, 6.07) is 15.9. The van der Waals surface area contributed by atoms with Crippen LogP contribution < -0.4 is 5.32 Å². The number of fused-ring (bicyclic) bond motifs is 1. The van der Waals surface area contributed by atoms with E-state index in [1.807, 2.05) is 18.3 Å². The molecule has 1 aliphatic rings. The highest BCUT2D eigenvalue weighted by molar-refractivity contribution is 6.30. The van der Waals surface area contributed by atoms with Crippen molar-refractivity contribution >= 4 is 34.1 Å². The Morgan fingerprint density at radius 3 is 2.57 bits per heavy atom. The molecule has 0 aliphatic heterocycles. The maximum atomic E-state index is 12.4. The molecule has 4 heteroatoms. The number of aryl methyl sites for hydroxylation is 1. The first-order chi connectivity index (χ1) is 13.6. The van der Waals surface area contributed by atoms with E-state index in [1.165, 1.54) is 16.5 Å². The van der Waals surface area contributed by atoms with Crippen molar-refractivity contribution in [2.45, 2.75) is 44.9 Å². The summed E-state index contributed by atoms with van der Waals surface area (Å²) < 4.78 is 0. The number of carbonyl (C=O) groups excluding carboxylic acids is 1. The summed E-state index contributed by atoms with van der Waals surface area (Å²) >= 11 is 5.90. The van der Waals surface area contributed by atoms with Crippen LogP contribution in [0.25, 0.3) is 10.9 Å². The topological polar surface area (TPSA) is 42.0 Å². The molecule has 1 saturated carbocycles. The Bertz CT molecular complexity index is 976. The van der Waals surface area contributed by atoms with Crippen molar-refractivity contribution in [2.75, 3.05) is 5.32 Å². The number of carbonyl (C=O) groups is 1. The van der Waals surface area contributed by atoms with Gasteiger partial charge in [-0.15, -0.1) is 0 Å². The minimum atomic E-state index is 0.0933. The second-order valence-electron chi connectivity index (χ2n) is 7.85. The van der Waals surface area contributed by atoms with E-state index in [1.54, 1.807) is 12.1 Å². The summed E-state index contributed by atoms with van der Waals surface area (Å²) in [6.07, 6.45) is 6.97. The van der Waals surface area contributed by atoms with E-state index in [4.69, 9.17) is 11.6 Å². The van der Waals surface area contributed by atoms with Crippen molar-refractivity contribution in [3.05, 3.63) is 70.9 Å². The largest absolute Gasteiger partial charge is 0.326 e. The van der Waals surface area contributed by atoms with Crippen molar-refractivity contribution in [3.8, 4) is 0 Å². The summed E-state index contributed by atoms with van der Waals surface area (Å²) in [7, 11) is 0. The van der Waals surface area contributed by atoms with Gasteiger partial charge in [0.05, 0.1) is 5.52 Å². The van der Waals surface area contributed by atoms with Crippen LogP contribution in [0.1, 0.15) is 49.1 Å². The molecule has 144 valence electrons. The number of pyridine rings is 1. The highest BCUT2D eigenvalue weighted by Gasteiger charge is 2.25. The van der Waals surface area contributed by atoms with Gasteiger partial charge in [0.1, 0.15) is 0 Å². The average Bonchev–Trinajstić information content (AvgIpc) is 2.70. The molecular formula is C24H25ClN2O. The molecule has 0 bridgehead atoms. The number of anilines is 1. The molecule has 1 aromatic heterocycles. The molecule has 0 atom stereocenters. The van der Waals surface area contributed by atoms with Gasteiger partial charge in [0.15, 0.2) is 0 Å². The van der Waals surface area contributed by atoms with Gasteiger partial charge in [0, 0.05) is 28.7 Å². The number of para-hydroxylation sites is 1. The Morgan fingerprint density at radius 1 is 1.07 bits per heavy atom. The zero-order valence-electron chi connectivity index (χ0n) is 16.1. The van der Waals surface area contributed by atoms with E-state index >= 15 is 0 Å². The smallest absolute Gasteiger partial charge is 0.224 e. The van der Waals surface area contributed by atoms with Crippen LogP contribution in [0, 0.1) is 12.8 Å². The third-order valence-corrected chi connectivity index (χ3v) is 6.15. The lowest BCUT2D eigenvalue weighted by atomic mass is 9.76. The molecule has 3 aromatic rings. The van der Waals surface area contributed by atoms with E-state index in [-0.39, 0.29) is 5.91 Å². The van der Waals surface area contributed by atoms with Gasteiger partial charge in [-0.05, 0) is 85.9 Å². The van der Waals surface area contributed by atoms with Crippen LogP contribution in [-0.4, -0.2) is 10.9 Å². The van der Waals surface area contributed by atoms with Crippen LogP contribution in [0.5, 0.6) is 0 Å². The van der Waals surface area contributed by atoms with Gasteiger partial charge >= 0.3 is 0 Å². The van der Waals surface area contributed by atoms with Crippen molar-refractivity contribution < 1.29 is 4.79 Å². The minimum Gasteiger partial charge on any atom is -0.326 e. The zero-order chi connectivity index (χ0) is 19.5. The fourth-order valence-electron chi connectivity index (χ4n) is 4.39. The van der Waals surface area contributed by atoms with E-state index in [2.05, 4.69) is 41.5 Å². The molecule has 0 unspecified atom stereocenters. The van der Waals surface area contributed by atoms with Crippen LogP contribution >= 0.6 is 11.6 Å². The van der Waals surface area contributed by atoms with E-state index in [0.717, 1.165) is 36.9 Å². The number of hydrogen-bond acceptors (Lipinski definition) is 2. The molecule has 0 saturated heterocycles. The predicted octanol–water partition coefficient (Wildman–Crippen LogP) is 6.50. The molecule has 3 nitrogen and oxygen atoms in total. The number of nitrogens with zero attached hydrogens (tertiary/aromatic N) is 1. The van der Waals surface area contributed by atoms with Gasteiger partial charge in [0.2, 0.25) is 5.91 Å². The van der Waals surface area contributed by atoms with Crippen molar-refractivity contribution in [1.82, 2.24) is 4.98 Å². The highest BCUT2D eigenvalue weighted by atomic mass is 35.5. The van der Waals surface area contributed by atoms with Gasteiger partial charge in [-0.3, -0.25) is 9.78 Å². The minimum absolute atomic E-state index is 0.0933. The van der Waals surface area contributed by atoms with Crippen molar-refractivity contribution in [3.63, 3.8) is 0 Å². The summed E-state index contributed by atoms with van der Waals surface area (Å²) in [6.45, 7) is 2.12. The number of benzene rings is 2. The standard InChI is InChI=1S/C24H25ClN2O/c1-16-3-2-4-22-21(13-14-26-24(16)22)18-7-5-17(6-8-18)15-23(28)27-20-11-9-19(25)10-12-20/h2-4,9-14,17-18H,5-8,15H2,1H3,(H,27,28)/t17-,18-. The molecule has 1 heterocycles. The first-order valence-corrected chi connectivity index (χ1v) is 10.4. The number of hydrogen-bond donors (Lipinski definition) is 1. The molecule has 1 fully saturated rings. The van der Waals surface area contributed by atoms with E-state index in [9.17, 15) is 4.79 Å². The number of halogens is 1. The predicted molar refractivity (Wildman–Crippen MR) is 116 cm³/mol. The third-order valence-electron chi connectivity index (χ3n) is 5.90. The van der Waals surface area contributed by atoms with E-state index < -0.39 is 0 Å². The molecule has 1 N–H and O–H groups in total. The molecule has 4 rings (SSSR count). The van der Waals surface area contributed by atoms with Gasteiger partial charge in [0.25, 0.3) is 0 Å². The summed E-state index contributed by atoms with van der Waals surface area (Å²) in [5.41, 5.74) is 4.57. The molecule has 1 amide bonds. The fourth-order valence-corrected chi connectivity index (χ4v) is 4.51. The van der Waals surface area contributed by atoms with Crippen molar-refractivity contribution in [2.24, 2.45) is 5.92 Å². The lowest BCUT2D eigenvalue weighted by Gasteiger charge is -2.29. The number of aromatic nitrogens is 1. The van der Waals surface area contributed by atoms with Crippen LogP contribution in [-0.2, 0) is 4.79 Å². The maximum Gasteiger partial charge on any atom is 0.224 e. The molecule has 2 aromatic carbocycles. The Balaban J connectivity index is 1.37. The molecular weight excluding hydrogens is 368 g/mol. The van der Waals surface area contributed by atoms with E-state index in [0.29, 0.717) is 23.3 Å².